The summed E-state index contributed by atoms with van der Waals surface area (Å²) >= 11 is 1.11. The Labute approximate surface area is 113 Å². The van der Waals surface area contributed by atoms with E-state index in [1.807, 2.05) is 0 Å². The predicted molar refractivity (Wildman–Crippen MR) is 68.2 cm³/mol. The van der Waals surface area contributed by atoms with E-state index in [-0.39, 0.29) is 23.0 Å². The Kier molecular flexibility index (Phi) is 3.96. The van der Waals surface area contributed by atoms with E-state index in [1.54, 1.807) is 0 Å². The summed E-state index contributed by atoms with van der Waals surface area (Å²) in [5, 5.41) is 0.830. The van der Waals surface area contributed by atoms with Crippen molar-refractivity contribution < 1.29 is 9.59 Å². The van der Waals surface area contributed by atoms with E-state index in [0.717, 1.165) is 11.8 Å². The fourth-order valence-corrected chi connectivity index (χ4v) is 2.37. The molecule has 0 saturated heterocycles. The van der Waals surface area contributed by atoms with Crippen molar-refractivity contribution in [3.63, 3.8) is 0 Å². The highest BCUT2D eigenvalue weighted by atomic mass is 32.2. The number of hydrogen-bond donors (Lipinski definition) is 0. The summed E-state index contributed by atoms with van der Waals surface area (Å²) in [5.74, 6) is -0.382. The van der Waals surface area contributed by atoms with Crippen LogP contribution in [0.25, 0.3) is 0 Å². The number of hydrogen-bond acceptors (Lipinski definition) is 7. The predicted octanol–water partition coefficient (Wildman–Crippen LogP) is 1.82. The first-order valence-electron chi connectivity index (χ1n) is 5.41. The monoisotopic (exact) mass is 274 g/mol. The SMILES string of the molecule is CC(=O)c1nccnc1Sc1nccnc1C(C)=O. The molecule has 2 aromatic heterocycles. The Hall–Kier alpha value is -2.15. The van der Waals surface area contributed by atoms with Crippen molar-refractivity contribution in [2.24, 2.45) is 0 Å². The van der Waals surface area contributed by atoms with Crippen LogP contribution in [0.2, 0.25) is 0 Å². The van der Waals surface area contributed by atoms with Gasteiger partial charge in [-0.3, -0.25) is 9.59 Å². The second-order valence-corrected chi connectivity index (χ2v) is 4.61. The van der Waals surface area contributed by atoms with Crippen LogP contribution in [0, 0.1) is 0 Å². The Morgan fingerprint density at radius 1 is 0.789 bits per heavy atom. The van der Waals surface area contributed by atoms with Crippen molar-refractivity contribution in [3.8, 4) is 0 Å². The highest BCUT2D eigenvalue weighted by Crippen LogP contribution is 2.28. The molecule has 0 fully saturated rings. The van der Waals surface area contributed by atoms with Crippen LogP contribution >= 0.6 is 11.8 Å². The van der Waals surface area contributed by atoms with E-state index < -0.39 is 0 Å². The molecular weight excluding hydrogens is 264 g/mol. The van der Waals surface area contributed by atoms with Crippen LogP contribution in [0.5, 0.6) is 0 Å². The molecule has 6 nitrogen and oxygen atoms in total. The lowest BCUT2D eigenvalue weighted by atomic mass is 10.3. The third-order valence-electron chi connectivity index (χ3n) is 2.19. The Balaban J connectivity index is 2.42. The molecule has 0 unspecified atom stereocenters. The molecule has 7 heteroatoms. The minimum absolute atomic E-state index is 0.191. The van der Waals surface area contributed by atoms with E-state index in [1.165, 1.54) is 38.6 Å². The second kappa shape index (κ2) is 5.66. The molecule has 0 N–H and O–H groups in total. The van der Waals surface area contributed by atoms with Crippen LogP contribution < -0.4 is 0 Å². The molecule has 0 aliphatic carbocycles. The van der Waals surface area contributed by atoms with Gasteiger partial charge in [-0.1, -0.05) is 0 Å². The standard InChI is InChI=1S/C12H10N4O2S/c1-7(17)9-11(15-5-3-13-9)19-12-10(8(2)18)14-4-6-16-12/h3-6H,1-2H3. The number of aromatic nitrogens is 4. The second-order valence-electron chi connectivity index (χ2n) is 3.63. The Morgan fingerprint density at radius 2 is 1.16 bits per heavy atom. The number of carbonyl (C=O) groups is 2. The van der Waals surface area contributed by atoms with E-state index >= 15 is 0 Å². The summed E-state index contributed by atoms with van der Waals surface area (Å²) in [6.45, 7) is 2.83. The topological polar surface area (TPSA) is 85.7 Å². The van der Waals surface area contributed by atoms with Gasteiger partial charge in [0, 0.05) is 38.6 Å². The molecule has 2 heterocycles. The van der Waals surface area contributed by atoms with E-state index in [4.69, 9.17) is 0 Å². The molecule has 96 valence electrons. The van der Waals surface area contributed by atoms with Gasteiger partial charge in [0.1, 0.15) is 21.4 Å². The molecule has 0 amide bonds. The van der Waals surface area contributed by atoms with Gasteiger partial charge in [0.05, 0.1) is 0 Å². The van der Waals surface area contributed by atoms with Crippen molar-refractivity contribution in [2.45, 2.75) is 23.9 Å². The van der Waals surface area contributed by atoms with Gasteiger partial charge in [0.25, 0.3) is 0 Å². The molecule has 0 saturated carbocycles. The summed E-state index contributed by atoms with van der Waals surface area (Å²) < 4.78 is 0. The van der Waals surface area contributed by atoms with Crippen molar-refractivity contribution in [2.75, 3.05) is 0 Å². The van der Waals surface area contributed by atoms with Crippen LogP contribution in [-0.4, -0.2) is 31.5 Å². The molecule has 0 aliphatic heterocycles. The van der Waals surface area contributed by atoms with Crippen molar-refractivity contribution in [1.29, 1.82) is 0 Å². The fraction of sp³-hybridized carbons (Fsp3) is 0.167. The maximum absolute atomic E-state index is 11.5. The summed E-state index contributed by atoms with van der Waals surface area (Å²) in [6, 6.07) is 0. The lowest BCUT2D eigenvalue weighted by molar-refractivity contribution is 0.0997. The average molecular weight is 274 g/mol. The first kappa shape index (κ1) is 13.3. The molecular formula is C12H10N4O2S. The number of Topliss-reactive ketones (excluding diaryl/α,β-unsaturated/α-hetero) is 2. The molecule has 0 aromatic carbocycles. The lowest BCUT2D eigenvalue weighted by Crippen LogP contribution is -2.04. The Morgan fingerprint density at radius 3 is 1.53 bits per heavy atom. The fourth-order valence-electron chi connectivity index (χ4n) is 1.37. The summed E-state index contributed by atoms with van der Waals surface area (Å²) in [7, 11) is 0. The normalized spacial score (nSPS) is 10.2. The zero-order chi connectivity index (χ0) is 13.8. The maximum atomic E-state index is 11.5. The van der Waals surface area contributed by atoms with Crippen LogP contribution in [-0.2, 0) is 0 Å². The van der Waals surface area contributed by atoms with Crippen LogP contribution in [0.4, 0.5) is 0 Å². The van der Waals surface area contributed by atoms with Crippen molar-refractivity contribution in [1.82, 2.24) is 19.9 Å². The maximum Gasteiger partial charge on any atom is 0.180 e. The molecule has 0 radical (unpaired) electrons. The summed E-state index contributed by atoms with van der Waals surface area (Å²) in [5.41, 5.74) is 0.514. The summed E-state index contributed by atoms with van der Waals surface area (Å²) in [6.07, 6.45) is 5.86. The largest absolute Gasteiger partial charge is 0.293 e. The van der Waals surface area contributed by atoms with Crippen LogP contribution in [0.3, 0.4) is 0 Å². The van der Waals surface area contributed by atoms with Gasteiger partial charge in [-0.2, -0.15) is 0 Å². The highest BCUT2D eigenvalue weighted by Gasteiger charge is 2.16. The van der Waals surface area contributed by atoms with Gasteiger partial charge in [0.2, 0.25) is 0 Å². The first-order chi connectivity index (χ1) is 9.09. The molecule has 0 spiro atoms. The minimum atomic E-state index is -0.191. The molecule has 2 aromatic rings. The lowest BCUT2D eigenvalue weighted by Gasteiger charge is -2.05. The van der Waals surface area contributed by atoms with Crippen LogP contribution in [0.1, 0.15) is 34.8 Å². The summed E-state index contributed by atoms with van der Waals surface area (Å²) in [4.78, 5) is 39.1. The van der Waals surface area contributed by atoms with E-state index in [0.29, 0.717) is 10.1 Å². The first-order valence-corrected chi connectivity index (χ1v) is 6.23. The van der Waals surface area contributed by atoms with E-state index in [9.17, 15) is 9.59 Å². The van der Waals surface area contributed by atoms with Crippen LogP contribution in [0.15, 0.2) is 34.8 Å². The molecule has 19 heavy (non-hydrogen) atoms. The van der Waals surface area contributed by atoms with Gasteiger partial charge in [-0.15, -0.1) is 0 Å². The Bertz CT molecular complexity index is 590. The number of ketones is 2. The van der Waals surface area contributed by atoms with Gasteiger partial charge in [0.15, 0.2) is 11.6 Å². The van der Waals surface area contributed by atoms with Gasteiger partial charge >= 0.3 is 0 Å². The molecule has 0 bridgehead atoms. The van der Waals surface area contributed by atoms with Crippen molar-refractivity contribution in [3.05, 3.63) is 36.2 Å². The number of nitrogens with zero attached hydrogens (tertiary/aromatic N) is 4. The average Bonchev–Trinajstić information content (AvgIpc) is 2.39. The number of carbonyl (C=O) groups excluding carboxylic acids is 2. The van der Waals surface area contributed by atoms with Gasteiger partial charge in [-0.05, 0) is 11.8 Å². The molecule has 0 aliphatic rings. The quantitative estimate of drug-likeness (QED) is 0.786. The minimum Gasteiger partial charge on any atom is -0.293 e. The van der Waals surface area contributed by atoms with Gasteiger partial charge in [-0.25, -0.2) is 19.9 Å². The zero-order valence-electron chi connectivity index (χ0n) is 10.3. The third-order valence-corrected chi connectivity index (χ3v) is 3.17. The smallest absolute Gasteiger partial charge is 0.180 e. The third kappa shape index (κ3) is 3.00. The van der Waals surface area contributed by atoms with Gasteiger partial charge < -0.3 is 0 Å². The molecule has 0 atom stereocenters. The zero-order valence-corrected chi connectivity index (χ0v) is 11.1. The van der Waals surface area contributed by atoms with E-state index in [2.05, 4.69) is 19.9 Å². The van der Waals surface area contributed by atoms with Crippen molar-refractivity contribution >= 4 is 23.3 Å². The highest BCUT2D eigenvalue weighted by molar-refractivity contribution is 7.99. The molecule has 2 rings (SSSR count). The number of rotatable bonds is 4.